The van der Waals surface area contributed by atoms with Gasteiger partial charge in [-0.2, -0.15) is 4.98 Å². The minimum atomic E-state index is 0.0203. The molecule has 0 unspecified atom stereocenters. The Hall–Kier alpha value is -3.18. The van der Waals surface area contributed by atoms with Gasteiger partial charge < -0.3 is 14.4 Å². The van der Waals surface area contributed by atoms with E-state index in [1.54, 1.807) is 0 Å². The van der Waals surface area contributed by atoms with Gasteiger partial charge in [0.25, 0.3) is 0 Å². The van der Waals surface area contributed by atoms with Gasteiger partial charge >= 0.3 is 0 Å². The topological polar surface area (TPSA) is 62.4 Å². The van der Waals surface area contributed by atoms with Gasteiger partial charge in [-0.25, -0.2) is 4.98 Å². The summed E-state index contributed by atoms with van der Waals surface area (Å²) in [5.41, 5.74) is 4.18. The summed E-state index contributed by atoms with van der Waals surface area (Å²) >= 11 is 0. The molecule has 4 rings (SSSR count). The first-order chi connectivity index (χ1) is 12.7. The van der Waals surface area contributed by atoms with Crippen LogP contribution in [0.2, 0.25) is 0 Å². The molecule has 0 atom stereocenters. The Morgan fingerprint density at radius 3 is 2.38 bits per heavy atom. The zero-order valence-corrected chi connectivity index (χ0v) is 14.5. The van der Waals surface area contributed by atoms with Crippen molar-refractivity contribution in [1.29, 1.82) is 0 Å². The maximum atomic E-state index is 9.15. The number of pyridine rings is 1. The van der Waals surface area contributed by atoms with Gasteiger partial charge in [-0.1, -0.05) is 42.5 Å². The molecule has 0 spiro atoms. The molecule has 1 N–H and O–H groups in total. The fraction of sp³-hybridized carbons (Fsp3) is 0.143. The normalized spacial score (nSPS) is 11.0. The summed E-state index contributed by atoms with van der Waals surface area (Å²) < 4.78 is 5.86. The quantitative estimate of drug-likeness (QED) is 0.592. The summed E-state index contributed by atoms with van der Waals surface area (Å²) in [5.74, 6) is 1.36. The van der Waals surface area contributed by atoms with Crippen LogP contribution in [-0.2, 0) is 13.2 Å². The lowest BCUT2D eigenvalue weighted by atomic mass is 10.1. The Morgan fingerprint density at radius 1 is 0.885 bits per heavy atom. The van der Waals surface area contributed by atoms with Gasteiger partial charge in [0.15, 0.2) is 0 Å². The monoisotopic (exact) mass is 345 g/mol. The molecular weight excluding hydrogens is 326 g/mol. The first-order valence-corrected chi connectivity index (χ1v) is 8.46. The maximum Gasteiger partial charge on any atom is 0.249 e. The highest BCUT2D eigenvalue weighted by Gasteiger charge is 2.12. The van der Waals surface area contributed by atoms with Crippen molar-refractivity contribution in [2.75, 3.05) is 11.9 Å². The van der Waals surface area contributed by atoms with Gasteiger partial charge in [0, 0.05) is 19.2 Å². The molecule has 0 fully saturated rings. The summed E-state index contributed by atoms with van der Waals surface area (Å²) in [6.45, 7) is 0.787. The molecule has 2 aromatic carbocycles. The summed E-state index contributed by atoms with van der Waals surface area (Å²) in [5, 5.41) is 9.15. The van der Waals surface area contributed by atoms with Crippen LogP contribution in [-0.4, -0.2) is 22.1 Å². The van der Waals surface area contributed by atoms with E-state index in [0.29, 0.717) is 11.6 Å². The predicted octanol–water partition coefficient (Wildman–Crippen LogP) is 4.02. The first-order valence-electron chi connectivity index (χ1n) is 8.46. The molecule has 0 saturated carbocycles. The largest absolute Gasteiger partial charge is 0.418 e. The van der Waals surface area contributed by atoms with E-state index in [0.717, 1.165) is 29.0 Å². The second kappa shape index (κ2) is 6.98. The lowest BCUT2D eigenvalue weighted by Crippen LogP contribution is -2.17. The van der Waals surface area contributed by atoms with Crippen LogP contribution in [0.5, 0.6) is 0 Å². The van der Waals surface area contributed by atoms with E-state index >= 15 is 0 Å². The third kappa shape index (κ3) is 3.30. The van der Waals surface area contributed by atoms with Crippen molar-refractivity contribution in [2.45, 2.75) is 13.2 Å². The van der Waals surface area contributed by atoms with Gasteiger partial charge in [-0.15, -0.1) is 0 Å². The highest BCUT2D eigenvalue weighted by molar-refractivity contribution is 5.74. The smallest absolute Gasteiger partial charge is 0.249 e. The molecule has 4 aromatic rings. The molecule has 0 aliphatic rings. The molecule has 130 valence electrons. The van der Waals surface area contributed by atoms with E-state index < -0.39 is 0 Å². The van der Waals surface area contributed by atoms with E-state index in [1.807, 2.05) is 61.6 Å². The Morgan fingerprint density at radius 2 is 1.65 bits per heavy atom. The Kier molecular flexibility index (Phi) is 4.37. The average molecular weight is 345 g/mol. The maximum absolute atomic E-state index is 9.15. The van der Waals surface area contributed by atoms with E-state index in [9.17, 15) is 0 Å². The van der Waals surface area contributed by atoms with Crippen LogP contribution in [0.4, 0.5) is 5.82 Å². The van der Waals surface area contributed by atoms with Crippen LogP contribution in [0.3, 0.4) is 0 Å². The van der Waals surface area contributed by atoms with Crippen molar-refractivity contribution in [3.05, 3.63) is 77.9 Å². The highest BCUT2D eigenvalue weighted by Crippen LogP contribution is 2.25. The molecule has 0 bridgehead atoms. The number of anilines is 1. The number of aliphatic hydroxyl groups is 1. The molecule has 26 heavy (non-hydrogen) atoms. The Bertz CT molecular complexity index is 1010. The molecule has 0 amide bonds. The molecule has 5 nitrogen and oxygen atoms in total. The number of rotatable bonds is 5. The molecule has 0 radical (unpaired) electrons. The van der Waals surface area contributed by atoms with Gasteiger partial charge in [-0.05, 0) is 35.4 Å². The summed E-state index contributed by atoms with van der Waals surface area (Å²) in [6.07, 6.45) is 0. The van der Waals surface area contributed by atoms with Crippen molar-refractivity contribution in [2.24, 2.45) is 0 Å². The standard InChI is InChI=1S/C21H19N3O2/c1-24(13-15-5-3-2-4-6-15)19-12-11-18-21(23-19)26-20(22-18)17-9-7-16(14-25)8-10-17/h2-12,25H,13-14H2,1H3. The average Bonchev–Trinajstić information content (AvgIpc) is 3.12. The lowest BCUT2D eigenvalue weighted by Gasteiger charge is -2.17. The van der Waals surface area contributed by atoms with Gasteiger partial charge in [-0.3, -0.25) is 0 Å². The zero-order chi connectivity index (χ0) is 17.9. The highest BCUT2D eigenvalue weighted by atomic mass is 16.4. The second-order valence-electron chi connectivity index (χ2n) is 6.21. The van der Waals surface area contributed by atoms with Crippen molar-refractivity contribution < 1.29 is 9.52 Å². The minimum absolute atomic E-state index is 0.0203. The number of aromatic nitrogens is 2. The summed E-state index contributed by atoms with van der Waals surface area (Å²) in [6, 6.07) is 21.6. The number of nitrogens with zero attached hydrogens (tertiary/aromatic N) is 3. The van der Waals surface area contributed by atoms with Crippen LogP contribution < -0.4 is 4.90 Å². The molecule has 0 aliphatic carbocycles. The van der Waals surface area contributed by atoms with E-state index in [4.69, 9.17) is 9.52 Å². The molecule has 2 heterocycles. The third-order valence-corrected chi connectivity index (χ3v) is 4.28. The van der Waals surface area contributed by atoms with Gasteiger partial charge in [0.05, 0.1) is 6.61 Å². The molecule has 2 aromatic heterocycles. The van der Waals surface area contributed by atoms with Crippen LogP contribution in [0, 0.1) is 0 Å². The van der Waals surface area contributed by atoms with Crippen molar-refractivity contribution >= 4 is 17.0 Å². The fourth-order valence-corrected chi connectivity index (χ4v) is 2.83. The van der Waals surface area contributed by atoms with Crippen LogP contribution >= 0.6 is 0 Å². The zero-order valence-electron chi connectivity index (χ0n) is 14.5. The summed E-state index contributed by atoms with van der Waals surface area (Å²) in [7, 11) is 2.01. The van der Waals surface area contributed by atoms with Crippen molar-refractivity contribution in [3.8, 4) is 11.5 Å². The second-order valence-corrected chi connectivity index (χ2v) is 6.21. The van der Waals surface area contributed by atoms with Crippen LogP contribution in [0.15, 0.2) is 71.1 Å². The SMILES string of the molecule is CN(Cc1ccccc1)c1ccc2nc(-c3ccc(CO)cc3)oc2n1. The number of hydrogen-bond acceptors (Lipinski definition) is 5. The van der Waals surface area contributed by atoms with Crippen molar-refractivity contribution in [1.82, 2.24) is 9.97 Å². The Balaban J connectivity index is 1.60. The fourth-order valence-electron chi connectivity index (χ4n) is 2.83. The van der Waals surface area contributed by atoms with E-state index in [2.05, 4.69) is 27.0 Å². The van der Waals surface area contributed by atoms with Gasteiger partial charge in [0.1, 0.15) is 11.3 Å². The minimum Gasteiger partial charge on any atom is -0.418 e. The van der Waals surface area contributed by atoms with E-state index in [1.165, 1.54) is 5.56 Å². The molecular formula is C21H19N3O2. The number of hydrogen-bond donors (Lipinski definition) is 1. The lowest BCUT2D eigenvalue weighted by molar-refractivity contribution is 0.282. The van der Waals surface area contributed by atoms with Crippen molar-refractivity contribution in [3.63, 3.8) is 0 Å². The number of aliphatic hydroxyl groups excluding tert-OH is 1. The number of benzene rings is 2. The number of oxazole rings is 1. The van der Waals surface area contributed by atoms with Crippen LogP contribution in [0.1, 0.15) is 11.1 Å². The third-order valence-electron chi connectivity index (χ3n) is 4.28. The van der Waals surface area contributed by atoms with Gasteiger partial charge in [0.2, 0.25) is 11.6 Å². The first kappa shape index (κ1) is 16.3. The Labute approximate surface area is 151 Å². The molecule has 5 heteroatoms. The number of fused-ring (bicyclic) bond motifs is 1. The van der Waals surface area contributed by atoms with Crippen LogP contribution in [0.25, 0.3) is 22.7 Å². The predicted molar refractivity (Wildman–Crippen MR) is 102 cm³/mol. The molecule has 0 aliphatic heterocycles. The van der Waals surface area contributed by atoms with E-state index in [-0.39, 0.29) is 6.61 Å². The molecule has 0 saturated heterocycles. The summed E-state index contributed by atoms with van der Waals surface area (Å²) in [4.78, 5) is 11.2.